The van der Waals surface area contributed by atoms with Gasteiger partial charge in [0.1, 0.15) is 11.3 Å². The number of rotatable bonds is 5. The number of carbonyl (C=O) groups is 2. The minimum atomic E-state index is -5.69. The Morgan fingerprint density at radius 2 is 1.63 bits per heavy atom. The third-order valence-corrected chi connectivity index (χ3v) is 3.26. The van der Waals surface area contributed by atoms with Gasteiger partial charge in [-0.25, -0.2) is 22.4 Å². The molecule has 0 unspecified atom stereocenters. The van der Waals surface area contributed by atoms with E-state index in [-0.39, 0.29) is 12.1 Å². The molecule has 1 aromatic heterocycles. The van der Waals surface area contributed by atoms with Gasteiger partial charge in [-0.05, 0) is 0 Å². The van der Waals surface area contributed by atoms with Crippen molar-refractivity contribution in [3.63, 3.8) is 0 Å². The van der Waals surface area contributed by atoms with Gasteiger partial charge >= 0.3 is 12.1 Å². The van der Waals surface area contributed by atoms with Crippen LogP contribution in [0.1, 0.15) is 22.3 Å². The van der Waals surface area contributed by atoms with E-state index in [0.717, 1.165) is 17.1 Å². The van der Waals surface area contributed by atoms with Gasteiger partial charge < -0.3 is 10.4 Å². The molecule has 2 N–H and O–H groups in total. The summed E-state index contributed by atoms with van der Waals surface area (Å²) in [5.74, 6) is -12.7. The van der Waals surface area contributed by atoms with Crippen LogP contribution in [-0.4, -0.2) is 26.8 Å². The predicted octanol–water partition coefficient (Wildman–Crippen LogP) is 3.19. The summed E-state index contributed by atoms with van der Waals surface area (Å²) in [5.41, 5.74) is -4.68. The number of halogens is 7. The molecule has 0 aliphatic rings. The molecule has 0 atom stereocenters. The lowest BCUT2D eigenvalue weighted by Crippen LogP contribution is -2.21. The number of anilines is 1. The molecule has 0 saturated carbocycles. The van der Waals surface area contributed by atoms with Crippen LogP contribution in [0.2, 0.25) is 0 Å². The van der Waals surface area contributed by atoms with Crippen molar-refractivity contribution in [1.29, 1.82) is 0 Å². The van der Waals surface area contributed by atoms with E-state index in [9.17, 15) is 40.3 Å². The molecular formula is C14H8F7N3O3. The van der Waals surface area contributed by atoms with Gasteiger partial charge in [0.15, 0.2) is 23.3 Å². The molecule has 0 bridgehead atoms. The molecule has 2 aromatic rings. The summed E-state index contributed by atoms with van der Waals surface area (Å²) >= 11 is 0. The Kier molecular flexibility index (Phi) is 5.42. The van der Waals surface area contributed by atoms with Gasteiger partial charge in [-0.2, -0.15) is 18.3 Å². The second-order valence-electron chi connectivity index (χ2n) is 5.10. The van der Waals surface area contributed by atoms with Gasteiger partial charge in [-0.15, -0.1) is 0 Å². The van der Waals surface area contributed by atoms with Gasteiger partial charge in [0.2, 0.25) is 5.91 Å². The minimum Gasteiger partial charge on any atom is -0.478 e. The number of carboxylic acid groups (broad SMARTS) is 1. The van der Waals surface area contributed by atoms with Crippen LogP contribution in [0.5, 0.6) is 0 Å². The number of hydrogen-bond donors (Lipinski definition) is 2. The maximum Gasteiger partial charge on any atom is 0.422 e. The van der Waals surface area contributed by atoms with E-state index in [1.807, 2.05) is 0 Å². The fraction of sp³-hybridized carbons (Fsp3) is 0.214. The second kappa shape index (κ2) is 7.25. The normalized spacial score (nSPS) is 11.5. The van der Waals surface area contributed by atoms with E-state index in [0.29, 0.717) is 0 Å². The van der Waals surface area contributed by atoms with E-state index < -0.39 is 59.0 Å². The number of amides is 1. The van der Waals surface area contributed by atoms with Gasteiger partial charge in [0.25, 0.3) is 0 Å². The number of carboxylic acids is 1. The number of aromatic nitrogens is 2. The van der Waals surface area contributed by atoms with Gasteiger partial charge in [0, 0.05) is 19.2 Å². The highest BCUT2D eigenvalue weighted by molar-refractivity contribution is 5.91. The summed E-state index contributed by atoms with van der Waals surface area (Å²) in [6, 6.07) is 0. The number of hydrogen-bond acceptors (Lipinski definition) is 3. The number of benzene rings is 1. The van der Waals surface area contributed by atoms with Crippen LogP contribution in [-0.2, 0) is 17.5 Å². The first kappa shape index (κ1) is 20.2. The summed E-state index contributed by atoms with van der Waals surface area (Å²) in [7, 11) is 0. The molecule has 0 aliphatic heterocycles. The SMILES string of the molecule is O=C(CCn1cc(C(=O)O)cn1)Nc1c(F)c(F)c(C(F)(F)F)c(F)c1F. The third-order valence-electron chi connectivity index (χ3n) is 3.26. The number of alkyl halides is 3. The van der Waals surface area contributed by atoms with Crippen molar-refractivity contribution in [2.75, 3.05) is 5.32 Å². The lowest BCUT2D eigenvalue weighted by atomic mass is 10.1. The maximum absolute atomic E-state index is 13.7. The second-order valence-corrected chi connectivity index (χ2v) is 5.10. The Morgan fingerprint density at radius 3 is 2.07 bits per heavy atom. The van der Waals surface area contributed by atoms with Crippen LogP contribution < -0.4 is 5.32 Å². The Bertz CT molecular complexity index is 879. The summed E-state index contributed by atoms with van der Waals surface area (Å²) in [6.45, 7) is -0.284. The quantitative estimate of drug-likeness (QED) is 0.598. The van der Waals surface area contributed by atoms with E-state index >= 15 is 0 Å². The third kappa shape index (κ3) is 4.17. The molecule has 0 radical (unpaired) electrons. The Morgan fingerprint density at radius 1 is 1.07 bits per heavy atom. The lowest BCUT2D eigenvalue weighted by molar-refractivity contribution is -0.143. The number of carbonyl (C=O) groups excluding carboxylic acids is 1. The molecule has 1 aromatic carbocycles. The Hall–Kier alpha value is -3.12. The summed E-state index contributed by atoms with van der Waals surface area (Å²) in [4.78, 5) is 22.3. The van der Waals surface area contributed by atoms with Gasteiger partial charge in [-0.1, -0.05) is 0 Å². The van der Waals surface area contributed by atoms with Crippen LogP contribution in [0.25, 0.3) is 0 Å². The van der Waals surface area contributed by atoms with Crippen LogP contribution in [0.3, 0.4) is 0 Å². The number of aromatic carboxylic acids is 1. The minimum absolute atomic E-state index is 0.209. The van der Waals surface area contributed by atoms with Crippen molar-refractivity contribution < 1.29 is 45.4 Å². The average molecular weight is 399 g/mol. The van der Waals surface area contributed by atoms with Crippen molar-refractivity contribution in [2.24, 2.45) is 0 Å². The molecule has 27 heavy (non-hydrogen) atoms. The molecule has 0 fully saturated rings. The average Bonchev–Trinajstić information content (AvgIpc) is 3.03. The standard InChI is InChI=1S/C14H8F7N3O3/c15-8-7(14(19,20)21)9(16)11(18)12(10(8)17)23-6(25)1-2-24-4-5(3-22-24)13(26)27/h3-4H,1-2H2,(H,23,25)(H,26,27). The van der Waals surface area contributed by atoms with Gasteiger partial charge in [-0.3, -0.25) is 9.48 Å². The lowest BCUT2D eigenvalue weighted by Gasteiger charge is -2.14. The topological polar surface area (TPSA) is 84.2 Å². The van der Waals surface area contributed by atoms with Crippen LogP contribution in [0.15, 0.2) is 12.4 Å². The summed E-state index contributed by atoms with van der Waals surface area (Å²) in [6.07, 6.45) is -4.28. The zero-order chi connectivity index (χ0) is 20.5. The predicted molar refractivity (Wildman–Crippen MR) is 73.7 cm³/mol. The molecule has 146 valence electrons. The van der Waals surface area contributed by atoms with Crippen molar-refractivity contribution in [1.82, 2.24) is 9.78 Å². The molecule has 1 heterocycles. The van der Waals surface area contributed by atoms with E-state index in [1.165, 1.54) is 5.32 Å². The molecule has 2 rings (SSSR count). The zero-order valence-electron chi connectivity index (χ0n) is 12.9. The van der Waals surface area contributed by atoms with E-state index in [1.54, 1.807) is 0 Å². The monoisotopic (exact) mass is 399 g/mol. The fourth-order valence-corrected chi connectivity index (χ4v) is 2.00. The van der Waals surface area contributed by atoms with Crippen LogP contribution in [0, 0.1) is 23.3 Å². The van der Waals surface area contributed by atoms with E-state index in [2.05, 4.69) is 5.10 Å². The van der Waals surface area contributed by atoms with Crippen LogP contribution in [0.4, 0.5) is 36.4 Å². The molecule has 6 nitrogen and oxygen atoms in total. The smallest absolute Gasteiger partial charge is 0.422 e. The summed E-state index contributed by atoms with van der Waals surface area (Å²) < 4.78 is 92.7. The zero-order valence-corrected chi connectivity index (χ0v) is 12.9. The number of nitrogens with zero attached hydrogens (tertiary/aromatic N) is 2. The van der Waals surface area contributed by atoms with Crippen molar-refractivity contribution in [3.05, 3.63) is 46.8 Å². The maximum atomic E-state index is 13.7. The van der Waals surface area contributed by atoms with Crippen molar-refractivity contribution in [2.45, 2.75) is 19.1 Å². The Balaban J connectivity index is 2.19. The number of aryl methyl sites for hydroxylation is 1. The molecule has 13 heteroatoms. The fourth-order valence-electron chi connectivity index (χ4n) is 2.00. The largest absolute Gasteiger partial charge is 0.478 e. The molecule has 0 spiro atoms. The summed E-state index contributed by atoms with van der Waals surface area (Å²) in [5, 5.41) is 13.7. The molecular weight excluding hydrogens is 391 g/mol. The van der Waals surface area contributed by atoms with Crippen LogP contribution >= 0.6 is 0 Å². The first-order valence-corrected chi connectivity index (χ1v) is 6.92. The van der Waals surface area contributed by atoms with Crippen molar-refractivity contribution in [3.8, 4) is 0 Å². The first-order chi connectivity index (χ1) is 12.4. The molecule has 1 amide bonds. The highest BCUT2D eigenvalue weighted by Crippen LogP contribution is 2.38. The molecule has 0 aliphatic carbocycles. The first-order valence-electron chi connectivity index (χ1n) is 6.92. The van der Waals surface area contributed by atoms with Crippen molar-refractivity contribution >= 4 is 17.6 Å². The highest BCUT2D eigenvalue weighted by Gasteiger charge is 2.42. The van der Waals surface area contributed by atoms with E-state index in [4.69, 9.17) is 5.11 Å². The number of nitrogens with one attached hydrogen (secondary N) is 1. The highest BCUT2D eigenvalue weighted by atomic mass is 19.4. The molecule has 0 saturated heterocycles. The van der Waals surface area contributed by atoms with Gasteiger partial charge in [0.05, 0.1) is 11.8 Å². The Labute approximate surface area is 145 Å².